The number of hydrazine groups is 2. The van der Waals surface area contributed by atoms with E-state index in [9.17, 15) is 19.2 Å². The molecule has 16 heteroatoms. The first-order chi connectivity index (χ1) is 56.1. The number of nitrogens with one attached hydrogen (secondary N) is 4. The number of amides is 4. The molecule has 0 heterocycles. The predicted molar refractivity (Wildman–Crippen MR) is 472 cm³/mol. The molecule has 0 radical (unpaired) electrons. The fourth-order valence-electron chi connectivity index (χ4n) is 14.2. The van der Waals surface area contributed by atoms with Crippen molar-refractivity contribution in [1.82, 2.24) is 21.7 Å². The van der Waals surface area contributed by atoms with E-state index in [-0.39, 0.29) is 0 Å². The largest absolute Gasteiger partial charge is 0.494 e. The third kappa shape index (κ3) is 49.3. The standard InChI is InChI=1S/C98H162N4O12/c1-7-13-19-25-31-39-49-57-73-109-89-79-85(80-90(110-74-58-50-40-32-26-20-14-8-2)93(89)113-77-61-53-43-35-29-23-17-11-5)97(105)101-99-95(103)83-63-67-87(68-64-83)107-71-55-47-45-37-38-46-48-56-72-108-88-69-65-84(66-70-88)96(104)100-102-98(106)86-81-91(111-75-59-51-41-33-27-21-15-9-3)94(114-78-62-54-44-36-30-24-18-12-6)92(82-86)112-76-60-52-42-34-28-22-16-10-4/h63-70,79-82H,7-62,71-78H2,1-6H3,(H,99,103)(H,100,104)(H,101,105)(H,102,106). The predicted octanol–water partition coefficient (Wildman–Crippen LogP) is 27.5. The van der Waals surface area contributed by atoms with Gasteiger partial charge in [-0.05, 0) is 124 Å². The van der Waals surface area contributed by atoms with Crippen molar-refractivity contribution in [2.75, 3.05) is 52.9 Å². The van der Waals surface area contributed by atoms with Gasteiger partial charge in [-0.1, -0.05) is 350 Å². The second-order valence-electron chi connectivity index (χ2n) is 31.9. The molecule has 114 heavy (non-hydrogen) atoms. The van der Waals surface area contributed by atoms with Crippen LogP contribution >= 0.6 is 0 Å². The fourth-order valence-corrected chi connectivity index (χ4v) is 14.2. The summed E-state index contributed by atoms with van der Waals surface area (Å²) in [5, 5.41) is 0. The van der Waals surface area contributed by atoms with Crippen LogP contribution in [0.2, 0.25) is 0 Å². The first-order valence-corrected chi connectivity index (χ1v) is 47.0. The lowest BCUT2D eigenvalue weighted by Crippen LogP contribution is -2.41. The van der Waals surface area contributed by atoms with Gasteiger partial charge in [-0.3, -0.25) is 40.9 Å². The molecule has 0 bridgehead atoms. The summed E-state index contributed by atoms with van der Waals surface area (Å²) in [5.74, 6) is 2.60. The molecule has 16 nitrogen and oxygen atoms in total. The molecule has 0 aliphatic rings. The molecular weight excluding hydrogens is 1430 g/mol. The zero-order chi connectivity index (χ0) is 81.5. The van der Waals surface area contributed by atoms with Crippen LogP contribution in [-0.2, 0) is 0 Å². The van der Waals surface area contributed by atoms with E-state index in [2.05, 4.69) is 63.2 Å². The Morgan fingerprint density at radius 2 is 0.351 bits per heavy atom. The number of hydrogen-bond acceptors (Lipinski definition) is 12. The average molecular weight is 1590 g/mol. The summed E-state index contributed by atoms with van der Waals surface area (Å²) in [6, 6.07) is 20.9. The number of rotatable bonds is 77. The van der Waals surface area contributed by atoms with Crippen LogP contribution in [-0.4, -0.2) is 76.5 Å². The van der Waals surface area contributed by atoms with Gasteiger partial charge in [0.15, 0.2) is 23.0 Å². The lowest BCUT2D eigenvalue weighted by molar-refractivity contribution is 0.0846. The summed E-state index contributed by atoms with van der Waals surface area (Å²) >= 11 is 0. The topological polar surface area (TPSA) is 190 Å². The molecule has 0 fully saturated rings. The van der Waals surface area contributed by atoms with Gasteiger partial charge < -0.3 is 37.9 Å². The molecule has 0 saturated heterocycles. The van der Waals surface area contributed by atoms with Crippen molar-refractivity contribution in [1.29, 1.82) is 0 Å². The molecule has 0 aliphatic heterocycles. The van der Waals surface area contributed by atoms with Crippen LogP contribution < -0.4 is 59.6 Å². The molecule has 0 aliphatic carbocycles. The van der Waals surface area contributed by atoms with E-state index in [1.807, 2.05) is 0 Å². The summed E-state index contributed by atoms with van der Waals surface area (Å²) in [6.07, 6.45) is 65.6. The van der Waals surface area contributed by atoms with Crippen molar-refractivity contribution in [2.45, 2.75) is 401 Å². The monoisotopic (exact) mass is 1590 g/mol. The zero-order valence-corrected chi connectivity index (χ0v) is 73.1. The molecule has 646 valence electrons. The van der Waals surface area contributed by atoms with Gasteiger partial charge in [-0.15, -0.1) is 0 Å². The van der Waals surface area contributed by atoms with Gasteiger partial charge in [0.05, 0.1) is 52.9 Å². The van der Waals surface area contributed by atoms with Crippen LogP contribution in [0, 0.1) is 0 Å². The Labute approximate surface area is 693 Å². The maximum atomic E-state index is 13.9. The highest BCUT2D eigenvalue weighted by Gasteiger charge is 2.23. The number of ether oxygens (including phenoxy) is 8. The van der Waals surface area contributed by atoms with E-state index in [1.165, 1.54) is 231 Å². The molecule has 0 saturated carbocycles. The highest BCUT2D eigenvalue weighted by atomic mass is 16.5. The molecule has 4 amide bonds. The average Bonchev–Trinajstić information content (AvgIpc) is 0.819. The molecule has 0 aromatic heterocycles. The van der Waals surface area contributed by atoms with Crippen LogP contribution in [0.15, 0.2) is 72.8 Å². The van der Waals surface area contributed by atoms with Gasteiger partial charge in [0, 0.05) is 22.3 Å². The minimum atomic E-state index is -0.477. The van der Waals surface area contributed by atoms with Crippen molar-refractivity contribution >= 4 is 23.6 Å². The SMILES string of the molecule is CCCCCCCCCCOc1cc(C(=O)NNC(=O)c2ccc(OCCCCCCCCCCOc3ccc(C(=O)NNC(=O)c4cc(OCCCCCCCCCC)c(OCCCCCCCCCC)c(OCCCCCCCCCC)c4)cc3)cc2)cc(OCCCCCCCCCC)c1OCCCCCCCCCC. The van der Waals surface area contributed by atoms with Gasteiger partial charge in [0.25, 0.3) is 23.6 Å². The molecule has 0 spiro atoms. The Morgan fingerprint density at radius 3 is 0.544 bits per heavy atom. The summed E-state index contributed by atoms with van der Waals surface area (Å²) in [6.45, 7) is 17.7. The quantitative estimate of drug-likeness (QED) is 0.0242. The first kappa shape index (κ1) is 99.5. The van der Waals surface area contributed by atoms with E-state index < -0.39 is 23.6 Å². The number of carbonyl (C=O) groups is 4. The second kappa shape index (κ2) is 70.4. The molecule has 4 rings (SSSR count). The Hall–Kier alpha value is -6.84. The smallest absolute Gasteiger partial charge is 0.269 e. The lowest BCUT2D eigenvalue weighted by Gasteiger charge is -2.19. The second-order valence-corrected chi connectivity index (χ2v) is 31.9. The summed E-state index contributed by atoms with van der Waals surface area (Å²) in [5.41, 5.74) is 12.0. The molecule has 4 N–H and O–H groups in total. The normalized spacial score (nSPS) is 11.2. The number of carbonyl (C=O) groups excluding carboxylic acids is 4. The Morgan fingerprint density at radius 1 is 0.193 bits per heavy atom. The van der Waals surface area contributed by atoms with Gasteiger partial charge >= 0.3 is 0 Å². The summed E-state index contributed by atoms with van der Waals surface area (Å²) < 4.78 is 51.1. The van der Waals surface area contributed by atoms with E-state index >= 15 is 0 Å². The van der Waals surface area contributed by atoms with Gasteiger partial charge in [-0.25, -0.2) is 0 Å². The van der Waals surface area contributed by atoms with Crippen LogP contribution in [0.25, 0.3) is 0 Å². The van der Waals surface area contributed by atoms with Crippen LogP contribution in [0.3, 0.4) is 0 Å². The van der Waals surface area contributed by atoms with Crippen LogP contribution in [0.5, 0.6) is 46.0 Å². The summed E-state index contributed by atoms with van der Waals surface area (Å²) in [4.78, 5) is 54.7. The maximum absolute atomic E-state index is 13.9. The maximum Gasteiger partial charge on any atom is 0.269 e. The van der Waals surface area contributed by atoms with Crippen molar-refractivity contribution in [3.05, 3.63) is 95.1 Å². The molecular formula is C98H162N4O12. The molecule has 0 unspecified atom stereocenters. The third-order valence-electron chi connectivity index (χ3n) is 21.5. The van der Waals surface area contributed by atoms with Gasteiger partial charge in [0.2, 0.25) is 11.5 Å². The summed E-state index contributed by atoms with van der Waals surface area (Å²) in [7, 11) is 0. The number of unbranched alkanes of at least 4 members (excludes halogenated alkanes) is 49. The Bertz CT molecular complexity index is 2710. The highest BCUT2D eigenvalue weighted by Crippen LogP contribution is 2.42. The minimum Gasteiger partial charge on any atom is -0.494 e. The fraction of sp³-hybridized carbons (Fsp3) is 0.714. The first-order valence-electron chi connectivity index (χ1n) is 47.0. The highest BCUT2D eigenvalue weighted by molar-refractivity contribution is 6.01. The van der Waals surface area contributed by atoms with E-state index in [0.717, 1.165) is 128 Å². The van der Waals surface area contributed by atoms with Crippen LogP contribution in [0.4, 0.5) is 0 Å². The van der Waals surface area contributed by atoms with Crippen molar-refractivity contribution < 1.29 is 57.1 Å². The number of hydrogen-bond donors (Lipinski definition) is 4. The lowest BCUT2D eigenvalue weighted by atomic mass is 10.1. The molecule has 4 aromatic carbocycles. The van der Waals surface area contributed by atoms with Crippen LogP contribution in [0.1, 0.15) is 443 Å². The van der Waals surface area contributed by atoms with E-state index in [4.69, 9.17) is 37.9 Å². The number of benzene rings is 4. The van der Waals surface area contributed by atoms with Gasteiger partial charge in [-0.2, -0.15) is 0 Å². The third-order valence-corrected chi connectivity index (χ3v) is 21.5. The van der Waals surface area contributed by atoms with E-state index in [0.29, 0.717) is 121 Å². The van der Waals surface area contributed by atoms with Gasteiger partial charge in [0.1, 0.15) is 11.5 Å². The Kier molecular flexibility index (Phi) is 61.4. The van der Waals surface area contributed by atoms with E-state index in [1.54, 1.807) is 72.8 Å². The van der Waals surface area contributed by atoms with Crippen molar-refractivity contribution in [2.24, 2.45) is 0 Å². The molecule has 0 atom stereocenters. The zero-order valence-electron chi connectivity index (χ0n) is 73.1. The minimum absolute atomic E-state index is 0.315. The van der Waals surface area contributed by atoms with Crippen molar-refractivity contribution in [3.63, 3.8) is 0 Å². The molecule has 4 aromatic rings. The Balaban J connectivity index is 1.20. The van der Waals surface area contributed by atoms with Crippen molar-refractivity contribution in [3.8, 4) is 46.0 Å².